The molecule has 3 aromatic rings. The first kappa shape index (κ1) is 22.5. The molecular weight excluding hydrogens is 398 g/mol. The number of aromatic nitrogens is 2. The van der Waals surface area contributed by atoms with E-state index in [0.717, 1.165) is 43.7 Å². The number of hydrogen-bond acceptors (Lipinski definition) is 4. The molecule has 1 fully saturated rings. The molecule has 2 aromatic heterocycles. The van der Waals surface area contributed by atoms with Gasteiger partial charge in [0.15, 0.2) is 0 Å². The number of nitrogens with one attached hydrogen (secondary N) is 1. The zero-order valence-electron chi connectivity index (χ0n) is 20.0. The maximum absolute atomic E-state index is 12.1. The van der Waals surface area contributed by atoms with Gasteiger partial charge in [-0.2, -0.15) is 0 Å². The average molecular weight is 434 g/mol. The lowest BCUT2D eigenvalue weighted by atomic mass is 9.88. The van der Waals surface area contributed by atoms with Crippen LogP contribution >= 0.6 is 0 Å². The van der Waals surface area contributed by atoms with Crippen molar-refractivity contribution >= 4 is 16.9 Å². The zero-order chi connectivity index (χ0) is 22.8. The van der Waals surface area contributed by atoms with Crippen molar-refractivity contribution < 1.29 is 9.53 Å². The van der Waals surface area contributed by atoms with E-state index in [1.165, 1.54) is 33.3 Å². The van der Waals surface area contributed by atoms with Crippen molar-refractivity contribution in [2.45, 2.75) is 65.8 Å². The Morgan fingerprint density at radius 2 is 1.84 bits per heavy atom. The summed E-state index contributed by atoms with van der Waals surface area (Å²) in [5, 5.41) is 1.33. The first-order chi connectivity index (χ1) is 15.4. The lowest BCUT2D eigenvalue weighted by Gasteiger charge is -2.35. The predicted molar refractivity (Wildman–Crippen MR) is 130 cm³/mol. The molecule has 4 rings (SSSR count). The summed E-state index contributed by atoms with van der Waals surface area (Å²) in [4.78, 5) is 22.6. The largest absolute Gasteiger partial charge is 0.465 e. The molecule has 1 aliphatic heterocycles. The van der Waals surface area contributed by atoms with Gasteiger partial charge in [0, 0.05) is 33.5 Å². The van der Waals surface area contributed by atoms with E-state index in [-0.39, 0.29) is 12.0 Å². The van der Waals surface area contributed by atoms with E-state index >= 15 is 0 Å². The van der Waals surface area contributed by atoms with Gasteiger partial charge < -0.3 is 9.72 Å². The van der Waals surface area contributed by atoms with Crippen molar-refractivity contribution in [3.63, 3.8) is 0 Å². The van der Waals surface area contributed by atoms with Crippen LogP contribution in [0.4, 0.5) is 0 Å². The molecule has 5 heteroatoms. The first-order valence-electron chi connectivity index (χ1n) is 11.9. The molecule has 1 unspecified atom stereocenters. The number of carbonyl (C=O) groups is 1. The summed E-state index contributed by atoms with van der Waals surface area (Å²) >= 11 is 0. The molecule has 0 aliphatic carbocycles. The number of carbonyl (C=O) groups excluding carboxylic acids is 1. The Kier molecular flexibility index (Phi) is 6.66. The van der Waals surface area contributed by atoms with Crippen LogP contribution in [0.25, 0.3) is 22.2 Å². The molecule has 32 heavy (non-hydrogen) atoms. The summed E-state index contributed by atoms with van der Waals surface area (Å²) in [7, 11) is 0. The number of hydrogen-bond donors (Lipinski definition) is 1. The summed E-state index contributed by atoms with van der Waals surface area (Å²) in [6.07, 6.45) is 3.11. The smallest absolute Gasteiger partial charge is 0.323 e. The maximum atomic E-state index is 12.1. The van der Waals surface area contributed by atoms with Gasteiger partial charge in [-0.05, 0) is 101 Å². The number of benzene rings is 1. The molecule has 1 saturated heterocycles. The van der Waals surface area contributed by atoms with E-state index in [0.29, 0.717) is 12.5 Å². The molecule has 0 spiro atoms. The lowest BCUT2D eigenvalue weighted by Crippen LogP contribution is -2.44. The van der Waals surface area contributed by atoms with E-state index in [4.69, 9.17) is 4.74 Å². The second-order valence-electron chi connectivity index (χ2n) is 9.01. The van der Waals surface area contributed by atoms with Gasteiger partial charge in [-0.25, -0.2) is 0 Å². The molecule has 0 saturated carbocycles. The fourth-order valence-corrected chi connectivity index (χ4v) is 5.14. The highest BCUT2D eigenvalue weighted by molar-refractivity contribution is 5.91. The Bertz CT molecular complexity index is 1090. The fraction of sp³-hybridized carbons (Fsp3) is 0.481. The van der Waals surface area contributed by atoms with Gasteiger partial charge in [0.05, 0.1) is 6.61 Å². The molecule has 0 radical (unpaired) electrons. The monoisotopic (exact) mass is 433 g/mol. The number of ether oxygens (including phenoxy) is 1. The Hall–Kier alpha value is -2.66. The van der Waals surface area contributed by atoms with Crippen molar-refractivity contribution in [1.82, 2.24) is 14.9 Å². The van der Waals surface area contributed by atoms with Crippen LogP contribution in [0.15, 0.2) is 30.3 Å². The number of pyridine rings is 1. The number of aryl methyl sites for hydroxylation is 3. The molecule has 1 aliphatic rings. The van der Waals surface area contributed by atoms with Crippen molar-refractivity contribution in [3.05, 3.63) is 52.8 Å². The third-order valence-electron chi connectivity index (χ3n) is 6.83. The zero-order valence-corrected chi connectivity index (χ0v) is 20.0. The number of aromatic amines is 1. The van der Waals surface area contributed by atoms with E-state index in [1.807, 2.05) is 13.8 Å². The quantitative estimate of drug-likeness (QED) is 0.519. The van der Waals surface area contributed by atoms with E-state index in [9.17, 15) is 4.79 Å². The van der Waals surface area contributed by atoms with Crippen LogP contribution in [0.1, 0.15) is 62.0 Å². The Morgan fingerprint density at radius 3 is 2.47 bits per heavy atom. The number of fused-ring (bicyclic) bond motifs is 1. The highest BCUT2D eigenvalue weighted by Crippen LogP contribution is 2.35. The Balaban J connectivity index is 1.57. The van der Waals surface area contributed by atoms with Crippen LogP contribution in [-0.4, -0.2) is 46.6 Å². The SMILES string of the molecule is CCOC(=O)C(C)N1CCC(c2ccc3[nH]c(-c4cc(C)nc(C)c4)c(CC)c3c2)CC1. The van der Waals surface area contributed by atoms with Crippen LogP contribution < -0.4 is 0 Å². The number of esters is 1. The summed E-state index contributed by atoms with van der Waals surface area (Å²) in [5.41, 5.74) is 8.50. The first-order valence-corrected chi connectivity index (χ1v) is 11.9. The molecule has 0 bridgehead atoms. The Morgan fingerprint density at radius 1 is 1.16 bits per heavy atom. The minimum Gasteiger partial charge on any atom is -0.465 e. The molecule has 0 amide bonds. The number of likely N-dealkylation sites (tertiary alicyclic amines) is 1. The van der Waals surface area contributed by atoms with Crippen LogP contribution in [-0.2, 0) is 16.0 Å². The van der Waals surface area contributed by atoms with Gasteiger partial charge in [0.25, 0.3) is 0 Å². The summed E-state index contributed by atoms with van der Waals surface area (Å²) in [6, 6.07) is 11.1. The van der Waals surface area contributed by atoms with E-state index < -0.39 is 0 Å². The standard InChI is InChI=1S/C27H35N3O2/c1-6-23-24-16-21(20-10-12-30(13-11-20)19(5)27(31)32-7-2)8-9-25(24)29-26(23)22-14-17(3)28-18(4)15-22/h8-9,14-16,19-20,29H,6-7,10-13H2,1-5H3. The second-order valence-corrected chi connectivity index (χ2v) is 9.01. The normalized spacial score (nSPS) is 16.4. The van der Waals surface area contributed by atoms with Crippen LogP contribution in [0, 0.1) is 13.8 Å². The van der Waals surface area contributed by atoms with Crippen molar-refractivity contribution in [2.75, 3.05) is 19.7 Å². The van der Waals surface area contributed by atoms with Gasteiger partial charge in [-0.1, -0.05) is 13.0 Å². The summed E-state index contributed by atoms with van der Waals surface area (Å²) in [5.74, 6) is 0.417. The second kappa shape index (κ2) is 9.45. The average Bonchev–Trinajstić information content (AvgIpc) is 3.16. The summed E-state index contributed by atoms with van der Waals surface area (Å²) < 4.78 is 5.21. The molecule has 1 atom stereocenters. The van der Waals surface area contributed by atoms with Gasteiger partial charge >= 0.3 is 5.97 Å². The highest BCUT2D eigenvalue weighted by Gasteiger charge is 2.28. The predicted octanol–water partition coefficient (Wildman–Crippen LogP) is 5.54. The topological polar surface area (TPSA) is 58.2 Å². The Labute approximate surface area is 191 Å². The number of rotatable bonds is 6. The van der Waals surface area contributed by atoms with Gasteiger partial charge in [0.1, 0.15) is 6.04 Å². The lowest BCUT2D eigenvalue weighted by molar-refractivity contribution is -0.149. The van der Waals surface area contributed by atoms with E-state index in [2.05, 4.69) is 66.0 Å². The van der Waals surface area contributed by atoms with Gasteiger partial charge in [0.2, 0.25) is 0 Å². The summed E-state index contributed by atoms with van der Waals surface area (Å²) in [6.45, 7) is 12.5. The molecule has 1 aromatic carbocycles. The third-order valence-corrected chi connectivity index (χ3v) is 6.83. The van der Waals surface area contributed by atoms with Crippen molar-refractivity contribution in [2.24, 2.45) is 0 Å². The minimum atomic E-state index is -0.162. The van der Waals surface area contributed by atoms with Crippen LogP contribution in [0.3, 0.4) is 0 Å². The molecule has 3 heterocycles. The van der Waals surface area contributed by atoms with Crippen LogP contribution in [0.5, 0.6) is 0 Å². The van der Waals surface area contributed by atoms with Crippen molar-refractivity contribution in [1.29, 1.82) is 0 Å². The number of piperidine rings is 1. The van der Waals surface area contributed by atoms with Gasteiger partial charge in [-0.15, -0.1) is 0 Å². The highest BCUT2D eigenvalue weighted by atomic mass is 16.5. The molecule has 1 N–H and O–H groups in total. The molecular formula is C27H35N3O2. The van der Waals surface area contributed by atoms with Crippen LogP contribution in [0.2, 0.25) is 0 Å². The minimum absolute atomic E-state index is 0.110. The maximum Gasteiger partial charge on any atom is 0.323 e. The van der Waals surface area contributed by atoms with Crippen molar-refractivity contribution in [3.8, 4) is 11.3 Å². The molecule has 5 nitrogen and oxygen atoms in total. The van der Waals surface area contributed by atoms with E-state index in [1.54, 1.807) is 0 Å². The molecule has 170 valence electrons. The van der Waals surface area contributed by atoms with Gasteiger partial charge in [-0.3, -0.25) is 14.7 Å². The number of nitrogens with zero attached hydrogens (tertiary/aromatic N) is 2. The third kappa shape index (κ3) is 4.44. The number of H-pyrrole nitrogens is 1. The fourth-order valence-electron chi connectivity index (χ4n) is 5.14.